The average Bonchev–Trinajstić information content (AvgIpc) is 3.40. The molecular weight excluding hydrogens is 961 g/mol. The molecule has 0 unspecified atom stereocenters. The fourth-order valence-electron chi connectivity index (χ4n) is 6.04. The molecule has 0 aliphatic rings. The van der Waals surface area contributed by atoms with Crippen molar-refractivity contribution in [2.45, 2.75) is 71.1 Å². The summed E-state index contributed by atoms with van der Waals surface area (Å²) in [5.74, 6) is 0. The molecule has 0 aliphatic heterocycles. The minimum atomic E-state index is 0.0202. The van der Waals surface area contributed by atoms with Gasteiger partial charge in [0.25, 0.3) is 0 Å². The summed E-state index contributed by atoms with van der Waals surface area (Å²) in [6.45, 7) is 22.7. The molecule has 73 heavy (non-hydrogen) atoms. The molecule has 0 saturated carbocycles. The monoisotopic (exact) mass is 1070 g/mol. The van der Waals surface area contributed by atoms with Crippen molar-refractivity contribution < 1.29 is 99.8 Å². The normalized spacial score (nSPS) is 11.8. The molecule has 0 aromatic heterocycles. The van der Waals surface area contributed by atoms with Gasteiger partial charge in [0.15, 0.2) is 0 Å². The third-order valence-corrected chi connectivity index (χ3v) is 9.95. The zero-order valence-corrected chi connectivity index (χ0v) is 45.7. The van der Waals surface area contributed by atoms with Crippen molar-refractivity contribution in [3.8, 4) is 0 Å². The van der Waals surface area contributed by atoms with Gasteiger partial charge in [-0.3, -0.25) is 0 Å². The van der Waals surface area contributed by atoms with Crippen LogP contribution >= 0.6 is 0 Å². The van der Waals surface area contributed by atoms with Crippen LogP contribution in [-0.2, 0) is 94.7 Å². The van der Waals surface area contributed by atoms with Crippen molar-refractivity contribution in [1.29, 1.82) is 0 Å². The first-order valence-corrected chi connectivity index (χ1v) is 27.6. The maximum atomic E-state index is 8.61. The molecule has 0 radical (unpaired) electrons. The number of aliphatic hydroxyl groups excluding tert-OH is 1. The Kier molecular flexibility index (Phi) is 70.3. The first kappa shape index (κ1) is 72.2. The van der Waals surface area contributed by atoms with E-state index < -0.39 is 0 Å². The third kappa shape index (κ3) is 71.2. The zero-order valence-electron chi connectivity index (χ0n) is 45.7. The number of unbranched alkanes of at least 4 members (excludes halogenated alkanes) is 9. The van der Waals surface area contributed by atoms with Crippen molar-refractivity contribution in [1.82, 2.24) is 0 Å². The SMILES string of the molecule is CCCCCCCCCCCCOCCOCCOCCOCCOCCOCCOCCOCCOCCOCCOCCOCCOCCOCCOCCOCCOCCOCCOCCOCCO. The summed E-state index contributed by atoms with van der Waals surface area (Å²) in [5.41, 5.74) is 0. The van der Waals surface area contributed by atoms with E-state index in [1.54, 1.807) is 0 Å². The lowest BCUT2D eigenvalue weighted by Crippen LogP contribution is -2.16. The summed E-state index contributed by atoms with van der Waals surface area (Å²) in [5, 5.41) is 8.61. The molecule has 0 rings (SSSR count). The van der Waals surface area contributed by atoms with Crippen LogP contribution in [0, 0.1) is 0 Å². The maximum Gasteiger partial charge on any atom is 0.0701 e. The molecule has 0 aromatic rings. The van der Waals surface area contributed by atoms with E-state index in [0.717, 1.165) is 13.0 Å². The Morgan fingerprint density at radius 3 is 0.425 bits per heavy atom. The molecular formula is C52H106O21. The highest BCUT2D eigenvalue weighted by Crippen LogP contribution is 2.10. The van der Waals surface area contributed by atoms with Crippen molar-refractivity contribution in [2.75, 3.05) is 271 Å². The van der Waals surface area contributed by atoms with Crippen LogP contribution in [0.25, 0.3) is 0 Å². The maximum absolute atomic E-state index is 8.61. The van der Waals surface area contributed by atoms with Crippen LogP contribution in [0.4, 0.5) is 0 Å². The van der Waals surface area contributed by atoms with E-state index in [0.29, 0.717) is 258 Å². The number of rotatable bonds is 70. The van der Waals surface area contributed by atoms with Gasteiger partial charge < -0.3 is 99.8 Å². The predicted molar refractivity (Wildman–Crippen MR) is 275 cm³/mol. The highest BCUT2D eigenvalue weighted by Gasteiger charge is 2.00. The highest BCUT2D eigenvalue weighted by molar-refractivity contribution is 4.48. The Hall–Kier alpha value is -0.840. The van der Waals surface area contributed by atoms with Crippen LogP contribution in [0.1, 0.15) is 71.1 Å². The van der Waals surface area contributed by atoms with E-state index in [1.165, 1.54) is 57.8 Å². The average molecular weight is 1070 g/mol. The Morgan fingerprint density at radius 2 is 0.274 bits per heavy atom. The smallest absolute Gasteiger partial charge is 0.0701 e. The fraction of sp³-hybridized carbons (Fsp3) is 1.00. The molecule has 0 saturated heterocycles. The summed E-state index contributed by atoms with van der Waals surface area (Å²) in [7, 11) is 0. The lowest BCUT2D eigenvalue weighted by Gasteiger charge is -2.09. The second kappa shape index (κ2) is 71.2. The van der Waals surface area contributed by atoms with E-state index in [1.807, 2.05) is 0 Å². The first-order valence-electron chi connectivity index (χ1n) is 27.6. The van der Waals surface area contributed by atoms with Gasteiger partial charge in [0, 0.05) is 6.61 Å². The van der Waals surface area contributed by atoms with E-state index in [4.69, 9.17) is 99.8 Å². The first-order chi connectivity index (χ1) is 36.4. The molecule has 21 nitrogen and oxygen atoms in total. The van der Waals surface area contributed by atoms with Crippen molar-refractivity contribution in [3.05, 3.63) is 0 Å². The molecule has 0 aliphatic carbocycles. The number of aliphatic hydroxyl groups is 1. The van der Waals surface area contributed by atoms with Gasteiger partial charge in [-0.25, -0.2) is 0 Å². The summed E-state index contributed by atoms with van der Waals surface area (Å²) in [6, 6.07) is 0. The molecule has 0 amide bonds. The van der Waals surface area contributed by atoms with Gasteiger partial charge in [-0.1, -0.05) is 64.7 Å². The Morgan fingerprint density at radius 1 is 0.151 bits per heavy atom. The van der Waals surface area contributed by atoms with Gasteiger partial charge in [0.1, 0.15) is 0 Å². The van der Waals surface area contributed by atoms with Gasteiger partial charge in [0.2, 0.25) is 0 Å². The molecule has 21 heteroatoms. The third-order valence-electron chi connectivity index (χ3n) is 9.95. The van der Waals surface area contributed by atoms with Gasteiger partial charge in [-0.15, -0.1) is 0 Å². The lowest BCUT2D eigenvalue weighted by molar-refractivity contribution is -0.0315. The second-order valence-corrected chi connectivity index (χ2v) is 16.2. The molecule has 0 spiro atoms. The topological polar surface area (TPSA) is 205 Å². The molecule has 0 bridgehead atoms. The second-order valence-electron chi connectivity index (χ2n) is 16.2. The molecule has 440 valence electrons. The Balaban J connectivity index is 3.07. The standard InChI is InChI=1S/C52H106O21/c1-2-3-4-5-6-7-8-9-10-11-13-54-15-17-56-19-21-58-23-25-60-27-29-62-31-33-64-35-37-66-39-41-68-43-45-70-47-49-72-51-52-73-50-48-71-46-44-69-42-40-67-38-36-65-34-32-63-30-28-61-26-24-59-22-20-57-18-16-55-14-12-53/h53H,2-52H2,1H3. The van der Waals surface area contributed by atoms with Crippen LogP contribution in [0.3, 0.4) is 0 Å². The van der Waals surface area contributed by atoms with Crippen molar-refractivity contribution in [2.24, 2.45) is 0 Å². The highest BCUT2D eigenvalue weighted by atomic mass is 16.6. The summed E-state index contributed by atoms with van der Waals surface area (Å²) >= 11 is 0. The fourth-order valence-corrected chi connectivity index (χ4v) is 6.04. The van der Waals surface area contributed by atoms with Gasteiger partial charge in [-0.05, 0) is 6.42 Å². The molecule has 0 heterocycles. The van der Waals surface area contributed by atoms with Crippen LogP contribution in [0.2, 0.25) is 0 Å². The number of hydrogen-bond acceptors (Lipinski definition) is 21. The van der Waals surface area contributed by atoms with Crippen LogP contribution in [0.5, 0.6) is 0 Å². The van der Waals surface area contributed by atoms with Gasteiger partial charge >= 0.3 is 0 Å². The largest absolute Gasteiger partial charge is 0.394 e. The summed E-state index contributed by atoms with van der Waals surface area (Å²) in [4.78, 5) is 0. The van der Waals surface area contributed by atoms with E-state index in [-0.39, 0.29) is 6.61 Å². The minimum Gasteiger partial charge on any atom is -0.394 e. The van der Waals surface area contributed by atoms with Crippen LogP contribution < -0.4 is 0 Å². The molecule has 0 fully saturated rings. The number of ether oxygens (including phenoxy) is 20. The Labute approximate surface area is 440 Å². The van der Waals surface area contributed by atoms with Crippen molar-refractivity contribution >= 4 is 0 Å². The van der Waals surface area contributed by atoms with Gasteiger partial charge in [-0.2, -0.15) is 0 Å². The molecule has 0 atom stereocenters. The summed E-state index contributed by atoms with van der Waals surface area (Å²) in [6.07, 6.45) is 13.4. The Bertz CT molecular complexity index is 866. The summed E-state index contributed by atoms with van der Waals surface area (Å²) < 4.78 is 110. The minimum absolute atomic E-state index is 0.0202. The zero-order chi connectivity index (χ0) is 52.2. The quantitative estimate of drug-likeness (QED) is 0.0847. The molecule has 1 N–H and O–H groups in total. The van der Waals surface area contributed by atoms with Crippen LogP contribution in [-0.4, -0.2) is 276 Å². The van der Waals surface area contributed by atoms with Crippen molar-refractivity contribution in [3.63, 3.8) is 0 Å². The predicted octanol–water partition coefficient (Wildman–Crippen LogP) is 4.23. The molecule has 0 aromatic carbocycles. The van der Waals surface area contributed by atoms with Gasteiger partial charge in [0.05, 0.1) is 264 Å². The van der Waals surface area contributed by atoms with Crippen LogP contribution in [0.15, 0.2) is 0 Å². The lowest BCUT2D eigenvalue weighted by atomic mass is 10.1. The number of hydrogen-bond donors (Lipinski definition) is 1. The van der Waals surface area contributed by atoms with E-state index >= 15 is 0 Å². The van der Waals surface area contributed by atoms with E-state index in [9.17, 15) is 0 Å². The van der Waals surface area contributed by atoms with E-state index in [2.05, 4.69) is 6.92 Å².